The molecular formula is C33H43F4NO3S. The van der Waals surface area contributed by atoms with Crippen LogP contribution in [0.2, 0.25) is 0 Å². The van der Waals surface area contributed by atoms with Crippen molar-refractivity contribution in [3.63, 3.8) is 0 Å². The number of nitrogens with zero attached hydrogens (tertiary/aromatic N) is 1. The van der Waals surface area contributed by atoms with Gasteiger partial charge in [0.25, 0.3) is 0 Å². The lowest BCUT2D eigenvalue weighted by atomic mass is 9.89. The maximum Gasteiger partial charge on any atom is 0.389 e. The summed E-state index contributed by atoms with van der Waals surface area (Å²) in [5.74, 6) is -0.415. The third-order valence-corrected chi connectivity index (χ3v) is 10.4. The Morgan fingerprint density at radius 2 is 1.67 bits per heavy atom. The Morgan fingerprint density at radius 3 is 2.43 bits per heavy atom. The largest absolute Gasteiger partial charge is 0.508 e. The first-order valence-corrected chi connectivity index (χ1v) is 17.1. The van der Waals surface area contributed by atoms with Gasteiger partial charge in [-0.25, -0.2) is 12.8 Å². The Hall–Kier alpha value is -2.39. The van der Waals surface area contributed by atoms with E-state index in [9.17, 15) is 31.1 Å². The van der Waals surface area contributed by atoms with Gasteiger partial charge in [0.05, 0.1) is 11.5 Å². The van der Waals surface area contributed by atoms with Gasteiger partial charge in [0.2, 0.25) is 0 Å². The van der Waals surface area contributed by atoms with E-state index in [0.29, 0.717) is 6.42 Å². The highest BCUT2D eigenvalue weighted by atomic mass is 32.2. The van der Waals surface area contributed by atoms with E-state index >= 15 is 0 Å². The number of fused-ring (bicyclic) bond motifs is 1. The van der Waals surface area contributed by atoms with Gasteiger partial charge < -0.3 is 10.0 Å². The number of unbranched alkanes of at least 4 members (excludes halogenated alkanes) is 3. The van der Waals surface area contributed by atoms with Gasteiger partial charge in [0, 0.05) is 12.5 Å². The normalized spacial score (nSPS) is 18.3. The van der Waals surface area contributed by atoms with Gasteiger partial charge in [-0.05, 0) is 129 Å². The molecule has 1 fully saturated rings. The van der Waals surface area contributed by atoms with E-state index in [4.69, 9.17) is 0 Å². The Labute approximate surface area is 247 Å². The number of hydrogen-bond acceptors (Lipinski definition) is 4. The summed E-state index contributed by atoms with van der Waals surface area (Å²) in [4.78, 5) is 2.36. The Kier molecular flexibility index (Phi) is 11.5. The predicted molar refractivity (Wildman–Crippen MR) is 160 cm³/mol. The van der Waals surface area contributed by atoms with E-state index in [1.54, 1.807) is 6.07 Å². The van der Waals surface area contributed by atoms with Crippen molar-refractivity contribution in [3.05, 3.63) is 65.0 Å². The molecule has 0 aromatic heterocycles. The van der Waals surface area contributed by atoms with Crippen LogP contribution in [0.4, 0.5) is 17.6 Å². The Morgan fingerprint density at radius 1 is 0.905 bits per heavy atom. The summed E-state index contributed by atoms with van der Waals surface area (Å²) in [6.07, 6.45) is 4.54. The average molecular weight is 610 g/mol. The van der Waals surface area contributed by atoms with Crippen LogP contribution in [0.3, 0.4) is 0 Å². The minimum Gasteiger partial charge on any atom is -0.508 e. The summed E-state index contributed by atoms with van der Waals surface area (Å²) in [7, 11) is -3.47. The summed E-state index contributed by atoms with van der Waals surface area (Å²) in [6.45, 7) is 1.85. The molecule has 1 saturated heterocycles. The molecule has 2 aromatic carbocycles. The fourth-order valence-electron chi connectivity index (χ4n) is 6.50. The number of likely N-dealkylation sites (tertiary alicyclic amines) is 1. The fraction of sp³-hybridized carbons (Fsp3) is 0.576. The first-order valence-electron chi connectivity index (χ1n) is 15.3. The first-order chi connectivity index (χ1) is 20.0. The molecule has 2 aromatic rings. The molecule has 1 heterocycles. The summed E-state index contributed by atoms with van der Waals surface area (Å²) < 4.78 is 75.3. The third-order valence-electron chi connectivity index (χ3n) is 8.64. The number of halogens is 4. The second-order valence-electron chi connectivity index (χ2n) is 11.8. The quantitative estimate of drug-likeness (QED) is 0.173. The van der Waals surface area contributed by atoms with Crippen LogP contribution < -0.4 is 0 Å². The van der Waals surface area contributed by atoms with Gasteiger partial charge >= 0.3 is 6.18 Å². The fourth-order valence-corrected chi connectivity index (χ4v) is 7.92. The van der Waals surface area contributed by atoms with E-state index in [0.717, 1.165) is 88.4 Å². The van der Waals surface area contributed by atoms with Crippen LogP contribution in [-0.4, -0.2) is 55.2 Å². The molecule has 1 aliphatic carbocycles. The highest BCUT2D eigenvalue weighted by Gasteiger charge is 2.29. The van der Waals surface area contributed by atoms with Crippen molar-refractivity contribution in [2.45, 2.75) is 95.7 Å². The lowest BCUT2D eigenvalue weighted by molar-refractivity contribution is -0.134. The van der Waals surface area contributed by atoms with Crippen LogP contribution in [0.15, 0.2) is 42.5 Å². The zero-order valence-corrected chi connectivity index (χ0v) is 25.1. The van der Waals surface area contributed by atoms with Crippen molar-refractivity contribution in [1.82, 2.24) is 4.90 Å². The lowest BCUT2D eigenvalue weighted by Gasteiger charge is -2.24. The molecule has 0 saturated carbocycles. The highest BCUT2D eigenvalue weighted by Crippen LogP contribution is 2.39. The van der Waals surface area contributed by atoms with Crippen molar-refractivity contribution in [3.8, 4) is 5.75 Å². The predicted octanol–water partition coefficient (Wildman–Crippen LogP) is 8.34. The van der Waals surface area contributed by atoms with Gasteiger partial charge in [-0.2, -0.15) is 13.2 Å². The molecule has 4 nitrogen and oxygen atoms in total. The molecule has 0 radical (unpaired) electrons. The number of phenolic OH excluding ortho intramolecular Hbond substituents is 1. The molecule has 2 aliphatic rings. The Balaban J connectivity index is 1.27. The number of allylic oxidation sites excluding steroid dienone is 2. The molecule has 0 amide bonds. The van der Waals surface area contributed by atoms with E-state index in [1.807, 2.05) is 24.3 Å². The molecule has 232 valence electrons. The second-order valence-corrected chi connectivity index (χ2v) is 14.1. The van der Waals surface area contributed by atoms with Gasteiger partial charge in [0.1, 0.15) is 21.4 Å². The number of sulfone groups is 1. The molecule has 0 spiro atoms. The number of aryl methyl sites for hydroxylation is 1. The molecule has 0 unspecified atom stereocenters. The number of hydrogen-bond donors (Lipinski definition) is 1. The molecule has 9 heteroatoms. The standard InChI is InChI=1S/C33H43F4NO3S/c34-27-14-12-25(13-15-27)30-11-5-8-26-24-29(39)16-17-31(26)32(30)10-3-1-2-4-20-38-21-6-9-28(38)18-23-42(40,41)22-7-19-33(35,36)37/h12-17,24,28,39H,1-11,18-23H2/t28-/m0/s1. The van der Waals surface area contributed by atoms with E-state index in [-0.39, 0.29) is 29.8 Å². The molecular weight excluding hydrogens is 566 g/mol. The van der Waals surface area contributed by atoms with E-state index in [2.05, 4.69) is 4.90 Å². The van der Waals surface area contributed by atoms with Crippen LogP contribution in [-0.2, 0) is 16.3 Å². The summed E-state index contributed by atoms with van der Waals surface area (Å²) in [5.41, 5.74) is 5.93. The summed E-state index contributed by atoms with van der Waals surface area (Å²) in [6, 6.07) is 12.5. The number of phenols is 1. The van der Waals surface area contributed by atoms with Gasteiger partial charge in [-0.3, -0.25) is 0 Å². The maximum atomic E-state index is 13.6. The van der Waals surface area contributed by atoms with Crippen molar-refractivity contribution in [2.75, 3.05) is 24.6 Å². The van der Waals surface area contributed by atoms with Gasteiger partial charge in [0.15, 0.2) is 0 Å². The first kappa shape index (κ1) is 32.5. The molecule has 1 atom stereocenters. The van der Waals surface area contributed by atoms with E-state index in [1.165, 1.54) is 28.8 Å². The monoisotopic (exact) mass is 609 g/mol. The van der Waals surface area contributed by atoms with Crippen LogP contribution in [0.5, 0.6) is 5.75 Å². The Bertz CT molecular complexity index is 1310. The molecule has 4 rings (SSSR count). The number of benzene rings is 2. The zero-order valence-electron chi connectivity index (χ0n) is 24.3. The van der Waals surface area contributed by atoms with Gasteiger partial charge in [-0.1, -0.05) is 31.0 Å². The summed E-state index contributed by atoms with van der Waals surface area (Å²) in [5, 5.41) is 10.1. The maximum absolute atomic E-state index is 13.6. The number of alkyl halides is 3. The smallest absolute Gasteiger partial charge is 0.389 e. The van der Waals surface area contributed by atoms with Crippen LogP contribution in [0, 0.1) is 5.82 Å². The lowest BCUT2D eigenvalue weighted by Crippen LogP contribution is -2.32. The zero-order chi connectivity index (χ0) is 30.2. The number of aromatic hydroxyl groups is 1. The molecule has 42 heavy (non-hydrogen) atoms. The SMILES string of the molecule is O=S(=O)(CCCC(F)(F)F)CC[C@@H]1CCCN1CCCCCCC1=C(c2ccc(F)cc2)CCCc2cc(O)ccc21. The molecule has 1 aliphatic heterocycles. The minimum absolute atomic E-state index is 0.0449. The van der Waals surface area contributed by atoms with Crippen LogP contribution in [0.1, 0.15) is 93.7 Å². The number of rotatable bonds is 14. The van der Waals surface area contributed by atoms with Crippen molar-refractivity contribution >= 4 is 21.0 Å². The van der Waals surface area contributed by atoms with Crippen LogP contribution >= 0.6 is 0 Å². The second kappa shape index (κ2) is 14.9. The van der Waals surface area contributed by atoms with Crippen molar-refractivity contribution in [2.24, 2.45) is 0 Å². The third kappa shape index (κ3) is 9.83. The average Bonchev–Trinajstić information content (AvgIpc) is 3.30. The van der Waals surface area contributed by atoms with E-state index < -0.39 is 28.2 Å². The highest BCUT2D eigenvalue weighted by molar-refractivity contribution is 7.91. The molecule has 0 bridgehead atoms. The minimum atomic E-state index is -4.32. The van der Waals surface area contributed by atoms with Crippen molar-refractivity contribution < 1.29 is 31.1 Å². The van der Waals surface area contributed by atoms with Crippen LogP contribution in [0.25, 0.3) is 11.1 Å². The topological polar surface area (TPSA) is 57.6 Å². The van der Waals surface area contributed by atoms with Gasteiger partial charge in [-0.15, -0.1) is 0 Å². The van der Waals surface area contributed by atoms with Crippen molar-refractivity contribution in [1.29, 1.82) is 0 Å². The molecule has 1 N–H and O–H groups in total. The summed E-state index contributed by atoms with van der Waals surface area (Å²) >= 11 is 0.